The van der Waals surface area contributed by atoms with Gasteiger partial charge in [-0.3, -0.25) is 14.9 Å². The normalized spacial score (nSPS) is 11.0. The van der Waals surface area contributed by atoms with Crippen molar-refractivity contribution in [2.75, 3.05) is 24.7 Å². The summed E-state index contributed by atoms with van der Waals surface area (Å²) in [6.07, 6.45) is 0.983. The van der Waals surface area contributed by atoms with Crippen molar-refractivity contribution < 1.29 is 18.1 Å². The van der Waals surface area contributed by atoms with Gasteiger partial charge in [0.15, 0.2) is 9.84 Å². The Kier molecular flexibility index (Phi) is 6.32. The van der Waals surface area contributed by atoms with E-state index < -0.39 is 14.8 Å². The molecular weight excluding hydrogens is 426 g/mol. The predicted molar refractivity (Wildman–Crippen MR) is 101 cm³/mol. The summed E-state index contributed by atoms with van der Waals surface area (Å²) in [5.41, 5.74) is 0.318. The van der Waals surface area contributed by atoms with Crippen LogP contribution >= 0.6 is 15.9 Å². The lowest BCUT2D eigenvalue weighted by Gasteiger charge is -2.10. The molecule has 2 N–H and O–H groups in total. The second-order valence-corrected chi connectivity index (χ2v) is 8.24. The van der Waals surface area contributed by atoms with E-state index in [1.54, 1.807) is 24.3 Å². The van der Waals surface area contributed by atoms with E-state index in [1.165, 1.54) is 12.1 Å². The topological polar surface area (TPSA) is 118 Å². The lowest BCUT2D eigenvalue weighted by molar-refractivity contribution is -0.384. The van der Waals surface area contributed by atoms with Crippen LogP contribution in [-0.2, 0) is 9.84 Å². The van der Waals surface area contributed by atoms with Gasteiger partial charge in [-0.25, -0.2) is 8.42 Å². The highest BCUT2D eigenvalue weighted by Gasteiger charge is 2.18. The first-order valence-corrected chi connectivity index (χ1v) is 10.1. The van der Waals surface area contributed by atoms with Gasteiger partial charge in [-0.1, -0.05) is 12.1 Å². The van der Waals surface area contributed by atoms with Crippen molar-refractivity contribution >= 4 is 43.0 Å². The fraction of sp³-hybridized carbons (Fsp3) is 0.188. The first-order valence-electron chi connectivity index (χ1n) is 7.45. The van der Waals surface area contributed by atoms with Crippen molar-refractivity contribution in [2.45, 2.75) is 4.90 Å². The maximum absolute atomic E-state index is 12.1. The molecule has 2 rings (SSSR count). The zero-order valence-electron chi connectivity index (χ0n) is 13.7. The van der Waals surface area contributed by atoms with Crippen molar-refractivity contribution in [1.82, 2.24) is 5.32 Å². The Morgan fingerprint density at radius 2 is 1.88 bits per heavy atom. The van der Waals surface area contributed by atoms with Gasteiger partial charge in [-0.05, 0) is 40.2 Å². The summed E-state index contributed by atoms with van der Waals surface area (Å²) >= 11 is 3.29. The number of carbonyl (C=O) groups excluding carboxylic acids is 1. The monoisotopic (exact) mass is 441 g/mol. The molecular formula is C16H16BrN3O5S. The molecule has 0 aliphatic carbocycles. The summed E-state index contributed by atoms with van der Waals surface area (Å²) in [5, 5.41) is 16.7. The maximum atomic E-state index is 12.1. The fourth-order valence-corrected chi connectivity index (χ4v) is 3.26. The molecule has 0 bridgehead atoms. The van der Waals surface area contributed by atoms with Crippen LogP contribution in [0.4, 0.5) is 11.4 Å². The van der Waals surface area contributed by atoms with E-state index in [0.717, 1.165) is 12.3 Å². The molecule has 2 aromatic carbocycles. The Morgan fingerprint density at radius 3 is 2.50 bits per heavy atom. The van der Waals surface area contributed by atoms with Crippen LogP contribution in [0.25, 0.3) is 0 Å². The Hall–Kier alpha value is -2.46. The Morgan fingerprint density at radius 1 is 1.19 bits per heavy atom. The molecule has 26 heavy (non-hydrogen) atoms. The van der Waals surface area contributed by atoms with Crippen molar-refractivity contribution in [3.8, 4) is 0 Å². The number of amides is 1. The molecule has 0 unspecified atom stereocenters. The molecule has 0 saturated carbocycles. The van der Waals surface area contributed by atoms with Crippen LogP contribution in [0.2, 0.25) is 0 Å². The van der Waals surface area contributed by atoms with E-state index in [2.05, 4.69) is 26.6 Å². The molecule has 0 aliphatic rings. The molecule has 10 heteroatoms. The summed E-state index contributed by atoms with van der Waals surface area (Å²) in [4.78, 5) is 22.4. The van der Waals surface area contributed by atoms with Crippen molar-refractivity contribution in [1.29, 1.82) is 0 Å². The zero-order valence-corrected chi connectivity index (χ0v) is 16.1. The predicted octanol–water partition coefficient (Wildman–Crippen LogP) is 2.60. The minimum absolute atomic E-state index is 0.128. The van der Waals surface area contributed by atoms with Crippen molar-refractivity contribution in [2.24, 2.45) is 0 Å². The number of halogens is 1. The van der Waals surface area contributed by atoms with Gasteiger partial charge in [0.2, 0.25) is 0 Å². The third kappa shape index (κ3) is 5.02. The van der Waals surface area contributed by atoms with E-state index in [0.29, 0.717) is 10.0 Å². The SMILES string of the molecule is CS(=O)(=O)c1ccc(NCCNC(=O)c2ccccc2Br)c([N+](=O)[O-])c1. The smallest absolute Gasteiger partial charge is 0.293 e. The summed E-state index contributed by atoms with van der Waals surface area (Å²) in [6.45, 7) is 0.459. The molecule has 8 nitrogen and oxygen atoms in total. The van der Waals surface area contributed by atoms with Crippen molar-refractivity contribution in [3.63, 3.8) is 0 Å². The molecule has 0 radical (unpaired) electrons. The number of nitro groups is 1. The zero-order chi connectivity index (χ0) is 19.3. The molecule has 0 aromatic heterocycles. The third-order valence-corrected chi connectivity index (χ3v) is 5.24. The minimum atomic E-state index is -3.54. The molecule has 0 fully saturated rings. The van der Waals surface area contributed by atoms with Crippen LogP contribution in [0, 0.1) is 10.1 Å². The van der Waals surface area contributed by atoms with Crippen LogP contribution in [0.1, 0.15) is 10.4 Å². The average Bonchev–Trinajstić information content (AvgIpc) is 2.58. The minimum Gasteiger partial charge on any atom is -0.378 e. The number of anilines is 1. The number of nitro benzene ring substituents is 1. The largest absolute Gasteiger partial charge is 0.378 e. The van der Waals surface area contributed by atoms with Gasteiger partial charge >= 0.3 is 0 Å². The van der Waals surface area contributed by atoms with E-state index in [4.69, 9.17) is 0 Å². The van der Waals surface area contributed by atoms with Gasteiger partial charge in [0, 0.05) is 29.9 Å². The number of rotatable bonds is 7. The highest BCUT2D eigenvalue weighted by molar-refractivity contribution is 9.10. The Bertz CT molecular complexity index is 947. The van der Waals surface area contributed by atoms with Crippen LogP contribution in [0.5, 0.6) is 0 Å². The molecule has 138 valence electrons. The van der Waals surface area contributed by atoms with Gasteiger partial charge in [0.25, 0.3) is 11.6 Å². The maximum Gasteiger partial charge on any atom is 0.293 e. The van der Waals surface area contributed by atoms with Crippen LogP contribution < -0.4 is 10.6 Å². The number of carbonyl (C=O) groups is 1. The van der Waals surface area contributed by atoms with E-state index >= 15 is 0 Å². The highest BCUT2D eigenvalue weighted by Crippen LogP contribution is 2.27. The summed E-state index contributed by atoms with van der Waals surface area (Å²) in [6, 6.07) is 10.6. The number of nitrogens with one attached hydrogen (secondary N) is 2. The summed E-state index contributed by atoms with van der Waals surface area (Å²) in [5.74, 6) is -0.277. The highest BCUT2D eigenvalue weighted by atomic mass is 79.9. The van der Waals surface area contributed by atoms with Gasteiger partial charge < -0.3 is 10.6 Å². The number of hydrogen-bond acceptors (Lipinski definition) is 6. The van der Waals surface area contributed by atoms with Gasteiger partial charge in [0.1, 0.15) is 5.69 Å². The van der Waals surface area contributed by atoms with Gasteiger partial charge in [-0.2, -0.15) is 0 Å². The van der Waals surface area contributed by atoms with E-state index in [-0.39, 0.29) is 35.3 Å². The second-order valence-electron chi connectivity index (χ2n) is 5.37. The van der Waals surface area contributed by atoms with Crippen LogP contribution in [0.3, 0.4) is 0 Å². The van der Waals surface area contributed by atoms with Crippen LogP contribution in [0.15, 0.2) is 51.8 Å². The lowest BCUT2D eigenvalue weighted by atomic mass is 10.2. The number of sulfone groups is 1. The summed E-state index contributed by atoms with van der Waals surface area (Å²) < 4.78 is 23.7. The fourth-order valence-electron chi connectivity index (χ4n) is 2.16. The number of nitrogens with zero attached hydrogens (tertiary/aromatic N) is 1. The molecule has 0 aliphatic heterocycles. The number of benzene rings is 2. The average molecular weight is 442 g/mol. The van der Waals surface area contributed by atoms with E-state index in [9.17, 15) is 23.3 Å². The standard InChI is InChI=1S/C16H16BrN3O5S/c1-26(24,25)11-6-7-14(15(10-11)20(22)23)18-8-9-19-16(21)12-4-2-3-5-13(12)17/h2-7,10,18H,8-9H2,1H3,(H,19,21). The molecule has 2 aromatic rings. The quantitative estimate of drug-likeness (QED) is 0.387. The van der Waals surface area contributed by atoms with Crippen LogP contribution in [-0.4, -0.2) is 38.6 Å². The third-order valence-electron chi connectivity index (χ3n) is 3.44. The molecule has 0 atom stereocenters. The summed E-state index contributed by atoms with van der Waals surface area (Å²) in [7, 11) is -3.54. The number of hydrogen-bond donors (Lipinski definition) is 2. The Labute approximate surface area is 158 Å². The molecule has 0 spiro atoms. The Balaban J connectivity index is 2.00. The van der Waals surface area contributed by atoms with Gasteiger partial charge in [0.05, 0.1) is 15.4 Å². The molecule has 0 saturated heterocycles. The first kappa shape index (κ1) is 19.9. The van der Waals surface area contributed by atoms with E-state index in [1.807, 2.05) is 0 Å². The molecule has 0 heterocycles. The van der Waals surface area contributed by atoms with Gasteiger partial charge in [-0.15, -0.1) is 0 Å². The second kappa shape index (κ2) is 8.28. The van der Waals surface area contributed by atoms with Crippen molar-refractivity contribution in [3.05, 3.63) is 62.6 Å². The first-order chi connectivity index (χ1) is 12.2. The molecule has 1 amide bonds. The lowest BCUT2D eigenvalue weighted by Crippen LogP contribution is -2.29.